The fourth-order valence-electron chi connectivity index (χ4n) is 3.57. The second-order valence-corrected chi connectivity index (χ2v) is 7.84. The van der Waals surface area contributed by atoms with Crippen molar-refractivity contribution in [1.29, 1.82) is 0 Å². The first-order valence-corrected chi connectivity index (χ1v) is 9.56. The highest BCUT2D eigenvalue weighted by Gasteiger charge is 2.62. The molecule has 7 heteroatoms. The zero-order valence-corrected chi connectivity index (χ0v) is 16.8. The highest BCUT2D eigenvalue weighted by molar-refractivity contribution is 6.06. The van der Waals surface area contributed by atoms with E-state index in [-0.39, 0.29) is 12.0 Å². The number of nitrogens with two attached hydrogens (primary N) is 1. The third-order valence-electron chi connectivity index (χ3n) is 5.70. The molecule has 0 saturated heterocycles. The number of hydrogen-bond donors (Lipinski definition) is 3. The monoisotopic (exact) mass is 399 g/mol. The first kappa shape index (κ1) is 21.0. The van der Waals surface area contributed by atoms with Crippen LogP contribution in [0.25, 0.3) is 0 Å². The summed E-state index contributed by atoms with van der Waals surface area (Å²) in [6.45, 7) is 6.31. The number of amides is 2. The van der Waals surface area contributed by atoms with Crippen molar-refractivity contribution in [2.45, 2.75) is 38.8 Å². The maximum atomic E-state index is 13.3. The van der Waals surface area contributed by atoms with Crippen molar-refractivity contribution in [2.75, 3.05) is 17.2 Å². The smallest absolute Gasteiger partial charge is 0.255 e. The van der Waals surface area contributed by atoms with E-state index in [4.69, 9.17) is 10.5 Å². The van der Waals surface area contributed by atoms with Gasteiger partial charge in [-0.3, -0.25) is 9.59 Å². The van der Waals surface area contributed by atoms with E-state index in [9.17, 15) is 14.0 Å². The number of nitrogens with one attached hydrogen (secondary N) is 2. The molecular weight excluding hydrogens is 373 g/mol. The zero-order chi connectivity index (χ0) is 21.2. The molecule has 2 aromatic carbocycles. The topological polar surface area (TPSA) is 93.4 Å². The molecule has 1 fully saturated rings. The second-order valence-electron chi connectivity index (χ2n) is 7.84. The molecule has 1 aliphatic rings. The van der Waals surface area contributed by atoms with Crippen LogP contribution >= 0.6 is 0 Å². The molecule has 4 N–H and O–H groups in total. The Kier molecular flexibility index (Phi) is 5.73. The summed E-state index contributed by atoms with van der Waals surface area (Å²) in [5, 5.41) is 5.44. The second kappa shape index (κ2) is 7.93. The summed E-state index contributed by atoms with van der Waals surface area (Å²) < 4.78 is 19.0. The lowest BCUT2D eigenvalue weighted by Gasteiger charge is -2.57. The van der Waals surface area contributed by atoms with E-state index < -0.39 is 22.7 Å². The number of halogens is 1. The van der Waals surface area contributed by atoms with Gasteiger partial charge in [-0.1, -0.05) is 26.0 Å². The van der Waals surface area contributed by atoms with Gasteiger partial charge in [0.1, 0.15) is 11.4 Å². The van der Waals surface area contributed by atoms with Gasteiger partial charge in [0.2, 0.25) is 5.91 Å². The van der Waals surface area contributed by atoms with Gasteiger partial charge in [-0.25, -0.2) is 4.39 Å². The van der Waals surface area contributed by atoms with Crippen LogP contribution in [0.2, 0.25) is 0 Å². The fourth-order valence-corrected chi connectivity index (χ4v) is 3.57. The van der Waals surface area contributed by atoms with Crippen molar-refractivity contribution >= 4 is 23.2 Å². The maximum absolute atomic E-state index is 13.3. The molecule has 6 nitrogen and oxygen atoms in total. The van der Waals surface area contributed by atoms with Crippen LogP contribution in [-0.2, 0) is 9.53 Å². The van der Waals surface area contributed by atoms with Crippen molar-refractivity contribution in [1.82, 2.24) is 0 Å². The maximum Gasteiger partial charge on any atom is 0.255 e. The summed E-state index contributed by atoms with van der Waals surface area (Å²) in [5.41, 5.74) is 5.97. The summed E-state index contributed by atoms with van der Waals surface area (Å²) in [7, 11) is 0. The van der Waals surface area contributed by atoms with E-state index >= 15 is 0 Å². The van der Waals surface area contributed by atoms with Crippen LogP contribution in [0.15, 0.2) is 48.5 Å². The predicted octanol–water partition coefficient (Wildman–Crippen LogP) is 3.55. The molecule has 2 amide bonds. The number of rotatable bonds is 6. The van der Waals surface area contributed by atoms with Gasteiger partial charge in [0.15, 0.2) is 0 Å². The molecule has 2 atom stereocenters. The van der Waals surface area contributed by atoms with Gasteiger partial charge in [0, 0.05) is 35.4 Å². The molecule has 2 aromatic rings. The Morgan fingerprint density at radius 2 is 1.79 bits per heavy atom. The highest BCUT2D eigenvalue weighted by atomic mass is 19.1. The molecule has 0 aromatic heterocycles. The largest absolute Gasteiger partial charge is 0.378 e. The molecule has 0 radical (unpaired) electrons. The molecule has 0 spiro atoms. The van der Waals surface area contributed by atoms with E-state index in [1.807, 2.05) is 20.8 Å². The Morgan fingerprint density at radius 3 is 2.41 bits per heavy atom. The number of carbonyl (C=O) groups is 2. The van der Waals surface area contributed by atoms with Gasteiger partial charge in [-0.05, 0) is 43.3 Å². The highest BCUT2D eigenvalue weighted by Crippen LogP contribution is 2.50. The Labute approximate surface area is 169 Å². The number of carbonyl (C=O) groups excluding carboxylic acids is 2. The minimum Gasteiger partial charge on any atom is -0.378 e. The van der Waals surface area contributed by atoms with Gasteiger partial charge in [0.25, 0.3) is 5.91 Å². The SMILES string of the molecule is CCOC1CC(N)(C(=O)Nc2cccc(C(=O)Nc3cccc(F)c3)c2)C1(C)C. The first-order valence-electron chi connectivity index (χ1n) is 9.56. The summed E-state index contributed by atoms with van der Waals surface area (Å²) in [6.07, 6.45) is 0.353. The lowest BCUT2D eigenvalue weighted by atomic mass is 9.54. The van der Waals surface area contributed by atoms with Crippen molar-refractivity contribution in [3.05, 3.63) is 59.9 Å². The summed E-state index contributed by atoms with van der Waals surface area (Å²) in [4.78, 5) is 25.3. The van der Waals surface area contributed by atoms with E-state index in [2.05, 4.69) is 10.6 Å². The third-order valence-corrected chi connectivity index (χ3v) is 5.70. The van der Waals surface area contributed by atoms with Gasteiger partial charge in [0.05, 0.1) is 6.10 Å². The van der Waals surface area contributed by atoms with Gasteiger partial charge < -0.3 is 21.1 Å². The van der Waals surface area contributed by atoms with Crippen LogP contribution in [0.5, 0.6) is 0 Å². The number of anilines is 2. The van der Waals surface area contributed by atoms with Crippen LogP contribution in [0, 0.1) is 11.2 Å². The molecule has 0 bridgehead atoms. The summed E-state index contributed by atoms with van der Waals surface area (Å²) in [5.74, 6) is -1.17. The number of ether oxygens (including phenoxy) is 1. The average molecular weight is 399 g/mol. The van der Waals surface area contributed by atoms with Crippen LogP contribution in [0.1, 0.15) is 37.6 Å². The predicted molar refractivity (Wildman–Crippen MR) is 110 cm³/mol. The normalized spacial score (nSPS) is 22.4. The van der Waals surface area contributed by atoms with Crippen LogP contribution in [0.4, 0.5) is 15.8 Å². The molecule has 0 heterocycles. The Bertz CT molecular complexity index is 931. The molecular formula is C22H26FN3O3. The molecule has 29 heavy (non-hydrogen) atoms. The zero-order valence-electron chi connectivity index (χ0n) is 16.8. The molecule has 2 unspecified atom stereocenters. The van der Waals surface area contributed by atoms with E-state index in [0.29, 0.717) is 30.0 Å². The quantitative estimate of drug-likeness (QED) is 0.692. The minimum atomic E-state index is -1.06. The Morgan fingerprint density at radius 1 is 1.14 bits per heavy atom. The summed E-state index contributed by atoms with van der Waals surface area (Å²) >= 11 is 0. The number of benzene rings is 2. The molecule has 3 rings (SSSR count). The van der Waals surface area contributed by atoms with Crippen LogP contribution < -0.4 is 16.4 Å². The van der Waals surface area contributed by atoms with Crippen LogP contribution in [0.3, 0.4) is 0 Å². The van der Waals surface area contributed by atoms with Crippen LogP contribution in [-0.4, -0.2) is 30.1 Å². The van der Waals surface area contributed by atoms with Crippen molar-refractivity contribution in [2.24, 2.45) is 11.1 Å². The Balaban J connectivity index is 1.70. The first-order chi connectivity index (χ1) is 13.7. The van der Waals surface area contributed by atoms with Gasteiger partial charge >= 0.3 is 0 Å². The summed E-state index contributed by atoms with van der Waals surface area (Å²) in [6, 6.07) is 12.2. The average Bonchev–Trinajstić information content (AvgIpc) is 2.67. The molecule has 1 aliphatic carbocycles. The van der Waals surface area contributed by atoms with Crippen molar-refractivity contribution < 1.29 is 18.7 Å². The van der Waals surface area contributed by atoms with E-state index in [1.165, 1.54) is 18.2 Å². The molecule has 1 saturated carbocycles. The van der Waals surface area contributed by atoms with Crippen molar-refractivity contribution in [3.63, 3.8) is 0 Å². The molecule has 154 valence electrons. The van der Waals surface area contributed by atoms with E-state index in [0.717, 1.165) is 0 Å². The number of hydrogen-bond acceptors (Lipinski definition) is 4. The van der Waals surface area contributed by atoms with E-state index in [1.54, 1.807) is 30.3 Å². The fraction of sp³-hybridized carbons (Fsp3) is 0.364. The van der Waals surface area contributed by atoms with Gasteiger partial charge in [-0.15, -0.1) is 0 Å². The molecule has 0 aliphatic heterocycles. The van der Waals surface area contributed by atoms with Crippen molar-refractivity contribution in [3.8, 4) is 0 Å². The lowest BCUT2D eigenvalue weighted by molar-refractivity contribution is -0.166. The Hall–Kier alpha value is -2.77. The lowest BCUT2D eigenvalue weighted by Crippen LogP contribution is -2.74. The standard InChI is InChI=1S/C22H26FN3O3/c1-4-29-18-13-22(24,21(18,2)3)20(28)26-16-9-5-7-14(11-16)19(27)25-17-10-6-8-15(23)12-17/h5-12,18H,4,13,24H2,1-3H3,(H,25,27)(H,26,28). The van der Waals surface area contributed by atoms with Gasteiger partial charge in [-0.2, -0.15) is 0 Å². The minimum absolute atomic E-state index is 0.0772. The third kappa shape index (κ3) is 4.02.